The first-order chi connectivity index (χ1) is 12.5. The van der Waals surface area contributed by atoms with Gasteiger partial charge in [0, 0.05) is 31.4 Å². The first-order valence-electron chi connectivity index (χ1n) is 9.22. The lowest BCUT2D eigenvalue weighted by atomic mass is 10.1. The predicted octanol–water partition coefficient (Wildman–Crippen LogP) is 2.63. The standard InChI is InChI=1S/C19H23ClN4O2/c1-23-16-8-4-7-14(20)18(16)15(22-23)10-21-19(26)12-9-17(25)24(11-12)13-5-2-3-6-13/h4,7-8,12-13H,2-3,5-6,9-11H2,1H3,(H,21,26). The Hall–Kier alpha value is -2.08. The molecule has 2 amide bonds. The number of hydrogen-bond donors (Lipinski definition) is 1. The van der Waals surface area contributed by atoms with Crippen molar-refractivity contribution in [2.45, 2.75) is 44.7 Å². The second-order valence-electron chi connectivity index (χ2n) is 7.31. The first kappa shape index (κ1) is 17.3. The zero-order chi connectivity index (χ0) is 18.3. The van der Waals surface area contributed by atoms with Crippen LogP contribution in [0.3, 0.4) is 0 Å². The SMILES string of the molecule is Cn1nc(CNC(=O)C2CC(=O)N(C3CCCC3)C2)c2c(Cl)cccc21. The van der Waals surface area contributed by atoms with Crippen molar-refractivity contribution in [3.8, 4) is 0 Å². The van der Waals surface area contributed by atoms with Crippen LogP contribution in [0, 0.1) is 5.92 Å². The fraction of sp³-hybridized carbons (Fsp3) is 0.526. The van der Waals surface area contributed by atoms with Crippen LogP contribution in [0.4, 0.5) is 0 Å². The number of rotatable bonds is 4. The number of benzene rings is 1. The molecule has 4 rings (SSSR count). The van der Waals surface area contributed by atoms with Gasteiger partial charge in [0.15, 0.2) is 0 Å². The highest BCUT2D eigenvalue weighted by molar-refractivity contribution is 6.35. The zero-order valence-corrected chi connectivity index (χ0v) is 15.6. The van der Waals surface area contributed by atoms with Crippen molar-refractivity contribution >= 4 is 34.3 Å². The number of carbonyl (C=O) groups excluding carboxylic acids is 2. The van der Waals surface area contributed by atoms with Crippen LogP contribution in [0.5, 0.6) is 0 Å². The molecule has 1 saturated heterocycles. The molecule has 0 bridgehead atoms. The van der Waals surface area contributed by atoms with Crippen molar-refractivity contribution in [1.82, 2.24) is 20.0 Å². The maximum Gasteiger partial charge on any atom is 0.225 e. The third-order valence-electron chi connectivity index (χ3n) is 5.62. The Morgan fingerprint density at radius 2 is 2.12 bits per heavy atom. The molecule has 2 aromatic rings. The Morgan fingerprint density at radius 3 is 2.88 bits per heavy atom. The molecular weight excluding hydrogens is 352 g/mol. The fourth-order valence-corrected chi connectivity index (χ4v) is 4.55. The van der Waals surface area contributed by atoms with Gasteiger partial charge >= 0.3 is 0 Å². The molecule has 6 nitrogen and oxygen atoms in total. The molecule has 1 N–H and O–H groups in total. The number of nitrogens with one attached hydrogen (secondary N) is 1. The molecule has 2 aliphatic rings. The number of hydrogen-bond acceptors (Lipinski definition) is 3. The van der Waals surface area contributed by atoms with Crippen LogP contribution in [0.1, 0.15) is 37.8 Å². The molecule has 1 unspecified atom stereocenters. The molecule has 1 aliphatic heterocycles. The molecule has 2 heterocycles. The molecule has 1 saturated carbocycles. The van der Waals surface area contributed by atoms with E-state index in [4.69, 9.17) is 11.6 Å². The van der Waals surface area contributed by atoms with Gasteiger partial charge in [-0.15, -0.1) is 0 Å². The lowest BCUT2D eigenvalue weighted by molar-refractivity contribution is -0.130. The van der Waals surface area contributed by atoms with Crippen molar-refractivity contribution in [3.63, 3.8) is 0 Å². The van der Waals surface area contributed by atoms with Crippen molar-refractivity contribution in [2.75, 3.05) is 6.54 Å². The average Bonchev–Trinajstić information content (AvgIpc) is 3.33. The van der Waals surface area contributed by atoms with E-state index in [1.54, 1.807) is 4.68 Å². The molecular formula is C19H23ClN4O2. The number of nitrogens with zero attached hydrogens (tertiary/aromatic N) is 3. The minimum atomic E-state index is -0.270. The third-order valence-corrected chi connectivity index (χ3v) is 5.94. The fourth-order valence-electron chi connectivity index (χ4n) is 4.27. The second kappa shape index (κ2) is 6.91. The van der Waals surface area contributed by atoms with E-state index in [0.29, 0.717) is 30.6 Å². The molecule has 0 radical (unpaired) electrons. The van der Waals surface area contributed by atoms with Gasteiger partial charge < -0.3 is 10.2 Å². The lowest BCUT2D eigenvalue weighted by Crippen LogP contribution is -2.36. The Kier molecular flexibility index (Phi) is 4.61. The average molecular weight is 375 g/mol. The second-order valence-corrected chi connectivity index (χ2v) is 7.71. The molecule has 1 atom stereocenters. The number of amides is 2. The maximum absolute atomic E-state index is 12.6. The number of fused-ring (bicyclic) bond motifs is 1. The normalized spacial score (nSPS) is 21.1. The van der Waals surface area contributed by atoms with Gasteiger partial charge in [-0.25, -0.2) is 0 Å². The van der Waals surface area contributed by atoms with E-state index in [1.165, 1.54) is 12.8 Å². The van der Waals surface area contributed by atoms with Crippen molar-refractivity contribution < 1.29 is 9.59 Å². The highest BCUT2D eigenvalue weighted by atomic mass is 35.5. The molecule has 26 heavy (non-hydrogen) atoms. The van der Waals surface area contributed by atoms with E-state index in [-0.39, 0.29) is 17.7 Å². The molecule has 2 fully saturated rings. The van der Waals surface area contributed by atoms with Crippen LogP contribution in [-0.2, 0) is 23.2 Å². The van der Waals surface area contributed by atoms with Gasteiger partial charge in [-0.3, -0.25) is 14.3 Å². The van der Waals surface area contributed by atoms with Crippen LogP contribution < -0.4 is 5.32 Å². The topological polar surface area (TPSA) is 67.2 Å². The van der Waals surface area contributed by atoms with Gasteiger partial charge in [-0.1, -0.05) is 30.5 Å². The summed E-state index contributed by atoms with van der Waals surface area (Å²) < 4.78 is 1.77. The van der Waals surface area contributed by atoms with Crippen molar-refractivity contribution in [3.05, 3.63) is 28.9 Å². The van der Waals surface area contributed by atoms with E-state index in [1.807, 2.05) is 30.1 Å². The van der Waals surface area contributed by atoms with Crippen LogP contribution in [0.25, 0.3) is 10.9 Å². The quantitative estimate of drug-likeness (QED) is 0.894. The summed E-state index contributed by atoms with van der Waals surface area (Å²) in [4.78, 5) is 26.8. The van der Waals surface area contributed by atoms with Crippen molar-refractivity contribution in [1.29, 1.82) is 0 Å². The number of likely N-dealkylation sites (tertiary alicyclic amines) is 1. The number of halogens is 1. The van der Waals surface area contributed by atoms with E-state index < -0.39 is 0 Å². The minimum Gasteiger partial charge on any atom is -0.350 e. The van der Waals surface area contributed by atoms with Crippen LogP contribution in [0.15, 0.2) is 18.2 Å². The number of aryl methyl sites for hydroxylation is 1. The highest BCUT2D eigenvalue weighted by Gasteiger charge is 2.38. The monoisotopic (exact) mass is 374 g/mol. The summed E-state index contributed by atoms with van der Waals surface area (Å²) in [7, 11) is 1.86. The Labute approximate surface area is 157 Å². The molecule has 1 aromatic heterocycles. The summed E-state index contributed by atoms with van der Waals surface area (Å²) in [6.07, 6.45) is 4.81. The maximum atomic E-state index is 12.6. The number of aromatic nitrogens is 2. The van der Waals surface area contributed by atoms with Gasteiger partial charge in [-0.2, -0.15) is 5.10 Å². The molecule has 1 aromatic carbocycles. The van der Waals surface area contributed by atoms with Gasteiger partial charge in [0.25, 0.3) is 0 Å². The van der Waals surface area contributed by atoms with Gasteiger partial charge in [-0.05, 0) is 25.0 Å². The molecule has 7 heteroatoms. The van der Waals surface area contributed by atoms with Crippen LogP contribution in [-0.4, -0.2) is 39.1 Å². The first-order valence-corrected chi connectivity index (χ1v) is 9.59. The Balaban J connectivity index is 1.43. The summed E-state index contributed by atoms with van der Waals surface area (Å²) in [5, 5.41) is 8.93. The van der Waals surface area contributed by atoms with E-state index >= 15 is 0 Å². The lowest BCUT2D eigenvalue weighted by Gasteiger charge is -2.23. The van der Waals surface area contributed by atoms with Gasteiger partial charge in [0.1, 0.15) is 0 Å². The predicted molar refractivity (Wildman–Crippen MR) is 99.6 cm³/mol. The summed E-state index contributed by atoms with van der Waals surface area (Å²) in [6.45, 7) is 0.854. The summed E-state index contributed by atoms with van der Waals surface area (Å²) in [6, 6.07) is 6.00. The van der Waals surface area contributed by atoms with Crippen molar-refractivity contribution in [2.24, 2.45) is 13.0 Å². The Bertz CT molecular complexity index is 857. The highest BCUT2D eigenvalue weighted by Crippen LogP contribution is 2.30. The van der Waals surface area contributed by atoms with Crippen LogP contribution >= 0.6 is 11.6 Å². The van der Waals surface area contributed by atoms with Crippen LogP contribution in [0.2, 0.25) is 5.02 Å². The summed E-state index contributed by atoms with van der Waals surface area (Å²) >= 11 is 6.31. The zero-order valence-electron chi connectivity index (χ0n) is 14.9. The minimum absolute atomic E-state index is 0.0790. The summed E-state index contributed by atoms with van der Waals surface area (Å²) in [5.41, 5.74) is 1.68. The largest absolute Gasteiger partial charge is 0.350 e. The van der Waals surface area contributed by atoms with E-state index in [9.17, 15) is 9.59 Å². The Morgan fingerprint density at radius 1 is 1.35 bits per heavy atom. The van der Waals surface area contributed by atoms with Gasteiger partial charge in [0.2, 0.25) is 11.8 Å². The molecule has 138 valence electrons. The van der Waals surface area contributed by atoms with Gasteiger partial charge in [0.05, 0.1) is 28.7 Å². The molecule has 1 aliphatic carbocycles. The van der Waals surface area contributed by atoms with E-state index in [2.05, 4.69) is 10.4 Å². The third kappa shape index (κ3) is 3.07. The summed E-state index contributed by atoms with van der Waals surface area (Å²) in [5.74, 6) is -0.235. The molecule has 0 spiro atoms. The van der Waals surface area contributed by atoms with E-state index in [0.717, 1.165) is 29.4 Å². The number of carbonyl (C=O) groups is 2. The smallest absolute Gasteiger partial charge is 0.225 e.